The van der Waals surface area contributed by atoms with Gasteiger partial charge in [-0.25, -0.2) is 0 Å². The number of aliphatic imine (C=N–C) groups is 1. The number of carbonyl (C=O) groups excluding carboxylic acids is 1. The van der Waals surface area contributed by atoms with Crippen LogP contribution in [-0.4, -0.2) is 18.2 Å². The summed E-state index contributed by atoms with van der Waals surface area (Å²) in [5.74, 6) is -0.300. The smallest absolute Gasteiger partial charge is 0.242 e. The Balaban J connectivity index is 2.50. The van der Waals surface area contributed by atoms with Gasteiger partial charge in [0, 0.05) is 0 Å². The molecule has 1 aliphatic heterocycles. The molecule has 0 aromatic rings. The largest absolute Gasteiger partial charge is 0.368 e. The summed E-state index contributed by atoms with van der Waals surface area (Å²) in [6.45, 7) is 0. The SMILES string of the molecule is NC(=O)C1CCCC=N1. The minimum atomic E-state index is -0.300. The minimum Gasteiger partial charge on any atom is -0.368 e. The summed E-state index contributed by atoms with van der Waals surface area (Å²) in [5, 5.41) is 0. The van der Waals surface area contributed by atoms with Gasteiger partial charge in [-0.05, 0) is 25.5 Å². The van der Waals surface area contributed by atoms with Crippen molar-refractivity contribution in [2.75, 3.05) is 0 Å². The van der Waals surface area contributed by atoms with Crippen molar-refractivity contribution >= 4 is 12.1 Å². The van der Waals surface area contributed by atoms with Crippen LogP contribution in [0.5, 0.6) is 0 Å². The van der Waals surface area contributed by atoms with Gasteiger partial charge >= 0.3 is 0 Å². The monoisotopic (exact) mass is 126 g/mol. The van der Waals surface area contributed by atoms with Gasteiger partial charge in [-0.2, -0.15) is 0 Å². The summed E-state index contributed by atoms with van der Waals surface area (Å²) < 4.78 is 0. The van der Waals surface area contributed by atoms with E-state index < -0.39 is 0 Å². The van der Waals surface area contributed by atoms with Crippen molar-refractivity contribution < 1.29 is 4.79 Å². The molecular formula is C6H10N2O. The maximum Gasteiger partial charge on any atom is 0.242 e. The fourth-order valence-electron chi connectivity index (χ4n) is 0.895. The molecule has 3 heteroatoms. The number of rotatable bonds is 1. The first-order valence-electron chi connectivity index (χ1n) is 3.11. The molecule has 50 valence electrons. The van der Waals surface area contributed by atoms with Crippen LogP contribution in [0.25, 0.3) is 0 Å². The lowest BCUT2D eigenvalue weighted by Crippen LogP contribution is -2.28. The second-order valence-electron chi connectivity index (χ2n) is 2.18. The van der Waals surface area contributed by atoms with E-state index in [1.165, 1.54) is 0 Å². The predicted octanol–water partition coefficient (Wildman–Crippen LogP) is 0.0950. The minimum absolute atomic E-state index is 0.237. The number of amides is 1. The highest BCUT2D eigenvalue weighted by Gasteiger charge is 2.13. The predicted molar refractivity (Wildman–Crippen MR) is 35.3 cm³/mol. The van der Waals surface area contributed by atoms with Crippen LogP contribution in [0.3, 0.4) is 0 Å². The third-order valence-corrected chi connectivity index (χ3v) is 1.42. The molecule has 1 atom stereocenters. The molecule has 0 fully saturated rings. The van der Waals surface area contributed by atoms with Crippen LogP contribution in [-0.2, 0) is 4.79 Å². The second kappa shape index (κ2) is 2.62. The first-order chi connectivity index (χ1) is 4.30. The van der Waals surface area contributed by atoms with Crippen LogP contribution in [0.2, 0.25) is 0 Å². The molecule has 1 amide bonds. The van der Waals surface area contributed by atoms with Gasteiger partial charge < -0.3 is 5.73 Å². The molecule has 0 bridgehead atoms. The fraction of sp³-hybridized carbons (Fsp3) is 0.667. The third kappa shape index (κ3) is 1.52. The van der Waals surface area contributed by atoms with E-state index in [-0.39, 0.29) is 11.9 Å². The molecule has 1 rings (SSSR count). The second-order valence-corrected chi connectivity index (χ2v) is 2.18. The molecular weight excluding hydrogens is 116 g/mol. The average Bonchev–Trinajstić information content (AvgIpc) is 1.90. The van der Waals surface area contributed by atoms with Crippen molar-refractivity contribution in [3.63, 3.8) is 0 Å². The van der Waals surface area contributed by atoms with E-state index in [9.17, 15) is 4.79 Å². The maximum absolute atomic E-state index is 10.5. The van der Waals surface area contributed by atoms with Crippen LogP contribution >= 0.6 is 0 Å². The Kier molecular flexibility index (Phi) is 1.82. The van der Waals surface area contributed by atoms with E-state index in [0.29, 0.717) is 0 Å². The number of nitrogens with zero attached hydrogens (tertiary/aromatic N) is 1. The molecule has 0 spiro atoms. The maximum atomic E-state index is 10.5. The van der Waals surface area contributed by atoms with Crippen molar-refractivity contribution in [1.29, 1.82) is 0 Å². The van der Waals surface area contributed by atoms with Crippen molar-refractivity contribution in [2.24, 2.45) is 10.7 Å². The zero-order chi connectivity index (χ0) is 6.69. The Labute approximate surface area is 54.0 Å². The number of nitrogens with two attached hydrogens (primary N) is 1. The van der Waals surface area contributed by atoms with Crippen LogP contribution in [0, 0.1) is 0 Å². The highest BCUT2D eigenvalue weighted by molar-refractivity contribution is 5.82. The molecule has 0 aliphatic carbocycles. The van der Waals surface area contributed by atoms with E-state index in [1.807, 2.05) is 0 Å². The summed E-state index contributed by atoms with van der Waals surface area (Å²) in [7, 11) is 0. The molecule has 1 aliphatic rings. The molecule has 9 heavy (non-hydrogen) atoms. The number of hydrogen-bond acceptors (Lipinski definition) is 2. The normalized spacial score (nSPS) is 26.0. The molecule has 1 unspecified atom stereocenters. The van der Waals surface area contributed by atoms with Crippen LogP contribution in [0.4, 0.5) is 0 Å². The topological polar surface area (TPSA) is 55.5 Å². The van der Waals surface area contributed by atoms with Gasteiger partial charge in [0.05, 0.1) is 0 Å². The molecule has 0 radical (unpaired) electrons. The first-order valence-corrected chi connectivity index (χ1v) is 3.11. The Morgan fingerprint density at radius 1 is 1.78 bits per heavy atom. The van der Waals surface area contributed by atoms with E-state index >= 15 is 0 Å². The summed E-state index contributed by atoms with van der Waals surface area (Å²) in [4.78, 5) is 14.4. The highest BCUT2D eigenvalue weighted by Crippen LogP contribution is 2.07. The van der Waals surface area contributed by atoms with Crippen LogP contribution in [0.1, 0.15) is 19.3 Å². The van der Waals surface area contributed by atoms with Gasteiger partial charge in [-0.1, -0.05) is 0 Å². The molecule has 0 saturated carbocycles. The quantitative estimate of drug-likeness (QED) is 0.532. The van der Waals surface area contributed by atoms with Gasteiger partial charge in [0.2, 0.25) is 5.91 Å². The Morgan fingerprint density at radius 3 is 2.89 bits per heavy atom. The zero-order valence-corrected chi connectivity index (χ0v) is 5.21. The summed E-state index contributed by atoms with van der Waals surface area (Å²) in [5.41, 5.74) is 5.01. The van der Waals surface area contributed by atoms with Gasteiger partial charge in [0.25, 0.3) is 0 Å². The van der Waals surface area contributed by atoms with Crippen LogP contribution < -0.4 is 5.73 Å². The first kappa shape index (κ1) is 6.26. The number of primary amides is 1. The Hall–Kier alpha value is -0.860. The number of carbonyl (C=O) groups is 1. The lowest BCUT2D eigenvalue weighted by atomic mass is 10.1. The highest BCUT2D eigenvalue weighted by atomic mass is 16.1. The molecule has 2 N–H and O–H groups in total. The average molecular weight is 126 g/mol. The molecule has 0 aromatic carbocycles. The number of hydrogen-bond donors (Lipinski definition) is 1. The third-order valence-electron chi connectivity index (χ3n) is 1.42. The van der Waals surface area contributed by atoms with Gasteiger partial charge in [-0.15, -0.1) is 0 Å². The molecule has 3 nitrogen and oxygen atoms in total. The van der Waals surface area contributed by atoms with Crippen molar-refractivity contribution in [3.05, 3.63) is 0 Å². The summed E-state index contributed by atoms with van der Waals surface area (Å²) >= 11 is 0. The molecule has 0 saturated heterocycles. The Morgan fingerprint density at radius 2 is 2.56 bits per heavy atom. The fourth-order valence-corrected chi connectivity index (χ4v) is 0.895. The Bertz CT molecular complexity index is 142. The van der Waals surface area contributed by atoms with Gasteiger partial charge in [-0.3, -0.25) is 9.79 Å². The van der Waals surface area contributed by atoms with Crippen molar-refractivity contribution in [3.8, 4) is 0 Å². The summed E-state index contributed by atoms with van der Waals surface area (Å²) in [6.07, 6.45) is 4.63. The summed E-state index contributed by atoms with van der Waals surface area (Å²) in [6, 6.07) is -0.237. The standard InChI is InChI=1S/C6H10N2O/c7-6(9)5-3-1-2-4-8-5/h4-5H,1-3H2,(H2,7,9). The van der Waals surface area contributed by atoms with Gasteiger partial charge in [0.15, 0.2) is 0 Å². The van der Waals surface area contributed by atoms with Crippen molar-refractivity contribution in [2.45, 2.75) is 25.3 Å². The lowest BCUT2D eigenvalue weighted by molar-refractivity contribution is -0.119. The molecule has 0 aromatic heterocycles. The van der Waals surface area contributed by atoms with E-state index in [2.05, 4.69) is 4.99 Å². The zero-order valence-electron chi connectivity index (χ0n) is 5.21. The van der Waals surface area contributed by atoms with Crippen LogP contribution in [0.15, 0.2) is 4.99 Å². The van der Waals surface area contributed by atoms with Crippen molar-refractivity contribution in [1.82, 2.24) is 0 Å². The van der Waals surface area contributed by atoms with E-state index in [0.717, 1.165) is 19.3 Å². The van der Waals surface area contributed by atoms with E-state index in [1.54, 1.807) is 6.21 Å². The van der Waals surface area contributed by atoms with Gasteiger partial charge in [0.1, 0.15) is 6.04 Å². The van der Waals surface area contributed by atoms with E-state index in [4.69, 9.17) is 5.73 Å². The lowest BCUT2D eigenvalue weighted by Gasteiger charge is -2.10. The molecule has 1 heterocycles.